The van der Waals surface area contributed by atoms with Gasteiger partial charge in [-0.2, -0.15) is 0 Å². The largest absolute Gasteiger partial charge is 0.368 e. The van der Waals surface area contributed by atoms with Crippen molar-refractivity contribution in [2.75, 3.05) is 18.5 Å². The van der Waals surface area contributed by atoms with Crippen molar-refractivity contribution in [3.05, 3.63) is 51.5 Å². The van der Waals surface area contributed by atoms with Gasteiger partial charge in [-0.25, -0.2) is 4.98 Å². The first-order valence-corrected chi connectivity index (χ1v) is 10.4. The van der Waals surface area contributed by atoms with Crippen LogP contribution >= 0.6 is 22.9 Å². The number of carbonyl (C=O) groups excluding carboxylic acids is 2. The van der Waals surface area contributed by atoms with Crippen LogP contribution in [0.2, 0.25) is 5.02 Å². The third-order valence-electron chi connectivity index (χ3n) is 4.81. The van der Waals surface area contributed by atoms with Crippen molar-refractivity contribution in [3.8, 4) is 0 Å². The van der Waals surface area contributed by atoms with E-state index in [-0.39, 0.29) is 17.9 Å². The lowest BCUT2D eigenvalue weighted by Gasteiger charge is -2.24. The molecule has 8 heteroatoms. The summed E-state index contributed by atoms with van der Waals surface area (Å²) in [6, 6.07) is 7.40. The highest BCUT2D eigenvalue weighted by molar-refractivity contribution is 7.15. The number of amides is 2. The first-order chi connectivity index (χ1) is 13.6. The van der Waals surface area contributed by atoms with Gasteiger partial charge in [-0.1, -0.05) is 41.1 Å². The molecule has 1 aromatic carbocycles. The van der Waals surface area contributed by atoms with Crippen molar-refractivity contribution in [1.82, 2.24) is 9.88 Å². The fourth-order valence-electron chi connectivity index (χ4n) is 3.28. The van der Waals surface area contributed by atoms with Crippen LogP contribution in [0.15, 0.2) is 30.3 Å². The maximum Gasteiger partial charge on any atom is 0.255 e. The smallest absolute Gasteiger partial charge is 0.255 e. The van der Waals surface area contributed by atoms with E-state index in [4.69, 9.17) is 16.3 Å². The van der Waals surface area contributed by atoms with Crippen molar-refractivity contribution >= 4 is 46.0 Å². The number of rotatable bonds is 4. The number of halogens is 1. The van der Waals surface area contributed by atoms with Crippen molar-refractivity contribution in [2.45, 2.75) is 31.9 Å². The summed E-state index contributed by atoms with van der Waals surface area (Å²) in [5, 5.41) is 4.04. The van der Waals surface area contributed by atoms with E-state index in [0.29, 0.717) is 36.3 Å². The van der Waals surface area contributed by atoms with E-state index in [1.807, 2.05) is 18.2 Å². The average Bonchev–Trinajstić information content (AvgIpc) is 3.36. The lowest BCUT2D eigenvalue weighted by atomic mass is 10.1. The summed E-state index contributed by atoms with van der Waals surface area (Å²) in [7, 11) is 0. The summed E-state index contributed by atoms with van der Waals surface area (Å²) in [6.45, 7) is 1.72. The first kappa shape index (κ1) is 19.1. The second-order valence-electron chi connectivity index (χ2n) is 6.74. The Hall–Kier alpha value is -2.22. The number of nitrogens with zero attached hydrogens (tertiary/aromatic N) is 2. The number of carbonyl (C=O) groups is 2. The van der Waals surface area contributed by atoms with E-state index < -0.39 is 0 Å². The van der Waals surface area contributed by atoms with Crippen LogP contribution in [0.5, 0.6) is 0 Å². The normalized spacial score (nSPS) is 19.0. The molecule has 0 saturated carbocycles. The molecule has 1 atom stereocenters. The molecule has 1 N–H and O–H groups in total. The van der Waals surface area contributed by atoms with E-state index in [0.717, 1.165) is 29.0 Å². The highest BCUT2D eigenvalue weighted by Gasteiger charge is 2.27. The van der Waals surface area contributed by atoms with Crippen molar-refractivity contribution in [2.24, 2.45) is 0 Å². The third kappa shape index (κ3) is 4.27. The summed E-state index contributed by atoms with van der Waals surface area (Å²) in [6.07, 6.45) is 5.23. The van der Waals surface area contributed by atoms with Gasteiger partial charge in [0.1, 0.15) is 6.10 Å². The Labute approximate surface area is 172 Å². The highest BCUT2D eigenvalue weighted by atomic mass is 35.5. The van der Waals surface area contributed by atoms with Gasteiger partial charge in [-0.15, -0.1) is 0 Å². The van der Waals surface area contributed by atoms with Gasteiger partial charge >= 0.3 is 0 Å². The lowest BCUT2D eigenvalue weighted by Crippen LogP contribution is -2.34. The van der Waals surface area contributed by atoms with Gasteiger partial charge in [-0.3, -0.25) is 14.9 Å². The molecule has 6 nitrogen and oxygen atoms in total. The minimum Gasteiger partial charge on any atom is -0.368 e. The molecular weight excluding hydrogens is 398 g/mol. The van der Waals surface area contributed by atoms with Crippen LogP contribution in [0.1, 0.15) is 29.0 Å². The topological polar surface area (TPSA) is 71.5 Å². The molecule has 0 unspecified atom stereocenters. The fourth-order valence-corrected chi connectivity index (χ4v) is 4.51. The van der Waals surface area contributed by atoms with Gasteiger partial charge in [0.15, 0.2) is 5.13 Å². The second-order valence-corrected chi connectivity index (χ2v) is 8.24. The summed E-state index contributed by atoms with van der Waals surface area (Å²) in [4.78, 5) is 32.0. The summed E-state index contributed by atoms with van der Waals surface area (Å²) >= 11 is 7.55. The number of ether oxygens (including phenoxy) is 1. The van der Waals surface area contributed by atoms with E-state index in [9.17, 15) is 9.59 Å². The molecule has 1 saturated heterocycles. The Morgan fingerprint density at radius 1 is 1.36 bits per heavy atom. The SMILES string of the molecule is O=C(Nc1nc2c(s1)CN(C(=O)/C=C/c1ccccc1Cl)CC2)[C@H]1CCCO1. The van der Waals surface area contributed by atoms with Crippen molar-refractivity contribution in [3.63, 3.8) is 0 Å². The molecule has 1 fully saturated rings. The molecule has 2 aromatic rings. The van der Waals surface area contributed by atoms with Gasteiger partial charge in [0.25, 0.3) is 5.91 Å². The zero-order chi connectivity index (χ0) is 19.5. The van der Waals surface area contributed by atoms with Gasteiger partial charge in [0.05, 0.1) is 12.2 Å². The quantitative estimate of drug-likeness (QED) is 0.772. The van der Waals surface area contributed by atoms with E-state index in [2.05, 4.69) is 10.3 Å². The molecular formula is C20H20ClN3O3S. The first-order valence-electron chi connectivity index (χ1n) is 9.23. The van der Waals surface area contributed by atoms with Crippen molar-refractivity contribution in [1.29, 1.82) is 0 Å². The number of hydrogen-bond donors (Lipinski definition) is 1. The summed E-state index contributed by atoms with van der Waals surface area (Å²) in [5.74, 6) is -0.205. The molecule has 0 radical (unpaired) electrons. The van der Waals surface area contributed by atoms with Crippen LogP contribution in [0.25, 0.3) is 6.08 Å². The number of anilines is 1. The zero-order valence-corrected chi connectivity index (χ0v) is 16.8. The zero-order valence-electron chi connectivity index (χ0n) is 15.2. The average molecular weight is 418 g/mol. The van der Waals surface area contributed by atoms with Crippen LogP contribution in [-0.4, -0.2) is 41.0 Å². The molecule has 3 heterocycles. The number of hydrogen-bond acceptors (Lipinski definition) is 5. The Balaban J connectivity index is 1.39. The van der Waals surface area contributed by atoms with E-state index in [1.165, 1.54) is 11.3 Å². The molecule has 28 heavy (non-hydrogen) atoms. The molecule has 0 aliphatic carbocycles. The van der Waals surface area contributed by atoms with Gasteiger partial charge in [0, 0.05) is 35.5 Å². The molecule has 2 aliphatic heterocycles. The van der Waals surface area contributed by atoms with E-state index >= 15 is 0 Å². The number of aromatic nitrogens is 1. The van der Waals surface area contributed by atoms with Gasteiger partial charge < -0.3 is 9.64 Å². The number of benzene rings is 1. The van der Waals surface area contributed by atoms with Crippen LogP contribution in [0, 0.1) is 0 Å². The Morgan fingerprint density at radius 2 is 2.21 bits per heavy atom. The molecule has 4 rings (SSSR count). The molecule has 146 valence electrons. The second kappa shape index (κ2) is 8.43. The number of thiazole rings is 1. The van der Waals surface area contributed by atoms with Crippen LogP contribution < -0.4 is 5.32 Å². The maximum atomic E-state index is 12.5. The molecule has 2 aliphatic rings. The standard InChI is InChI=1S/C20H20ClN3O3S/c21-14-5-2-1-4-13(14)7-8-18(25)24-10-9-15-17(12-24)28-20(22-15)23-19(26)16-6-3-11-27-16/h1-2,4-5,7-8,16H,3,6,9-12H2,(H,22,23,26)/b8-7+/t16-/m1/s1. The Kier molecular flexibility index (Phi) is 5.75. The fraction of sp³-hybridized carbons (Fsp3) is 0.350. The van der Waals surface area contributed by atoms with Gasteiger partial charge in [-0.05, 0) is 30.5 Å². The Morgan fingerprint density at radius 3 is 3.00 bits per heavy atom. The van der Waals surface area contributed by atoms with Crippen molar-refractivity contribution < 1.29 is 14.3 Å². The monoisotopic (exact) mass is 417 g/mol. The highest BCUT2D eigenvalue weighted by Crippen LogP contribution is 2.29. The predicted octanol–water partition coefficient (Wildman–Crippen LogP) is 3.51. The molecule has 0 spiro atoms. The molecule has 0 bridgehead atoms. The summed E-state index contributed by atoms with van der Waals surface area (Å²) in [5.41, 5.74) is 1.76. The van der Waals surface area contributed by atoms with Crippen LogP contribution in [-0.2, 0) is 27.3 Å². The van der Waals surface area contributed by atoms with E-state index in [1.54, 1.807) is 23.1 Å². The predicted molar refractivity (Wildman–Crippen MR) is 109 cm³/mol. The third-order valence-corrected chi connectivity index (χ3v) is 6.15. The van der Waals surface area contributed by atoms with Gasteiger partial charge in [0.2, 0.25) is 5.91 Å². The summed E-state index contributed by atoms with van der Waals surface area (Å²) < 4.78 is 5.40. The minimum atomic E-state index is -0.381. The molecule has 2 amide bonds. The molecule has 1 aromatic heterocycles. The number of fused-ring (bicyclic) bond motifs is 1. The Bertz CT molecular complexity index is 921. The number of nitrogens with one attached hydrogen (secondary N) is 1. The van der Waals surface area contributed by atoms with Crippen LogP contribution in [0.3, 0.4) is 0 Å². The maximum absolute atomic E-state index is 12.5. The minimum absolute atomic E-state index is 0.0658. The lowest BCUT2D eigenvalue weighted by molar-refractivity contribution is -0.127. The van der Waals surface area contributed by atoms with Crippen LogP contribution in [0.4, 0.5) is 5.13 Å².